The second-order valence-electron chi connectivity index (χ2n) is 4.41. The van der Waals surface area contributed by atoms with Gasteiger partial charge in [0.15, 0.2) is 0 Å². The number of benzene rings is 1. The number of aliphatic hydroxyl groups is 1. The Labute approximate surface area is 112 Å². The predicted octanol–water partition coefficient (Wildman–Crippen LogP) is 1.81. The van der Waals surface area contributed by atoms with Gasteiger partial charge in [0.05, 0.1) is 12.2 Å². The highest BCUT2D eigenvalue weighted by Gasteiger charge is 2.05. The van der Waals surface area contributed by atoms with Crippen LogP contribution in [0.5, 0.6) is 0 Å². The third-order valence-corrected chi connectivity index (χ3v) is 2.80. The van der Waals surface area contributed by atoms with Crippen LogP contribution in [0.4, 0.5) is 0 Å². The van der Waals surface area contributed by atoms with Gasteiger partial charge >= 0.3 is 0 Å². The molecule has 1 amide bonds. The van der Waals surface area contributed by atoms with Crippen LogP contribution in [-0.2, 0) is 13.2 Å². The number of amides is 1. The van der Waals surface area contributed by atoms with Gasteiger partial charge in [-0.15, -0.1) is 0 Å². The maximum absolute atomic E-state index is 11.9. The molecule has 0 bridgehead atoms. The van der Waals surface area contributed by atoms with Crippen molar-refractivity contribution in [3.8, 4) is 0 Å². The van der Waals surface area contributed by atoms with Gasteiger partial charge in [-0.05, 0) is 29.7 Å². The Balaban J connectivity index is 1.96. The summed E-state index contributed by atoms with van der Waals surface area (Å²) >= 11 is 0. The monoisotopic (exact) mass is 256 g/mol. The van der Waals surface area contributed by atoms with E-state index in [0.29, 0.717) is 12.1 Å². The molecular weight excluding hydrogens is 240 g/mol. The fraction of sp³-hybridized carbons (Fsp3) is 0.200. The Hall–Kier alpha value is -2.20. The van der Waals surface area contributed by atoms with E-state index < -0.39 is 0 Å². The van der Waals surface area contributed by atoms with E-state index in [1.165, 1.54) is 0 Å². The van der Waals surface area contributed by atoms with Gasteiger partial charge < -0.3 is 10.4 Å². The number of aryl methyl sites for hydroxylation is 1. The highest BCUT2D eigenvalue weighted by molar-refractivity contribution is 5.93. The number of hydrogen-bond acceptors (Lipinski definition) is 3. The van der Waals surface area contributed by atoms with Crippen LogP contribution < -0.4 is 5.32 Å². The third kappa shape index (κ3) is 3.63. The molecule has 2 rings (SSSR count). The highest BCUT2D eigenvalue weighted by Crippen LogP contribution is 2.05. The average Bonchev–Trinajstić information content (AvgIpc) is 2.45. The zero-order chi connectivity index (χ0) is 13.7. The molecule has 4 nitrogen and oxygen atoms in total. The quantitative estimate of drug-likeness (QED) is 0.877. The molecule has 4 heteroatoms. The van der Waals surface area contributed by atoms with Crippen LogP contribution in [0.3, 0.4) is 0 Å². The van der Waals surface area contributed by atoms with Crippen molar-refractivity contribution in [2.24, 2.45) is 0 Å². The van der Waals surface area contributed by atoms with Crippen LogP contribution in [0.1, 0.15) is 27.0 Å². The molecule has 0 saturated carbocycles. The van der Waals surface area contributed by atoms with E-state index in [1.54, 1.807) is 18.5 Å². The first kappa shape index (κ1) is 13.2. The molecule has 1 heterocycles. The number of rotatable bonds is 4. The maximum Gasteiger partial charge on any atom is 0.253 e. The van der Waals surface area contributed by atoms with Crippen molar-refractivity contribution < 1.29 is 9.90 Å². The predicted molar refractivity (Wildman–Crippen MR) is 72.5 cm³/mol. The number of aromatic nitrogens is 1. The summed E-state index contributed by atoms with van der Waals surface area (Å²) in [6.45, 7) is 2.39. The van der Waals surface area contributed by atoms with E-state index in [0.717, 1.165) is 16.7 Å². The van der Waals surface area contributed by atoms with Crippen LogP contribution in [0.25, 0.3) is 0 Å². The van der Waals surface area contributed by atoms with E-state index in [1.807, 2.05) is 31.2 Å². The van der Waals surface area contributed by atoms with Crippen LogP contribution in [-0.4, -0.2) is 16.0 Å². The fourth-order valence-electron chi connectivity index (χ4n) is 1.73. The lowest BCUT2D eigenvalue weighted by Gasteiger charge is -2.06. The lowest BCUT2D eigenvalue weighted by molar-refractivity contribution is 0.0950. The summed E-state index contributed by atoms with van der Waals surface area (Å²) < 4.78 is 0. The second-order valence-corrected chi connectivity index (χ2v) is 4.41. The van der Waals surface area contributed by atoms with Gasteiger partial charge in [-0.3, -0.25) is 9.78 Å². The molecule has 2 N–H and O–H groups in total. The normalized spacial score (nSPS) is 10.2. The Kier molecular flexibility index (Phi) is 4.26. The minimum atomic E-state index is -0.137. The molecule has 1 aromatic carbocycles. The first-order valence-electron chi connectivity index (χ1n) is 6.07. The van der Waals surface area contributed by atoms with Crippen molar-refractivity contribution in [3.63, 3.8) is 0 Å². The molecule has 19 heavy (non-hydrogen) atoms. The van der Waals surface area contributed by atoms with Gasteiger partial charge in [0, 0.05) is 18.9 Å². The number of nitrogens with zero attached hydrogens (tertiary/aromatic N) is 1. The molecule has 0 atom stereocenters. The Morgan fingerprint density at radius 1 is 1.21 bits per heavy atom. The molecule has 98 valence electrons. The van der Waals surface area contributed by atoms with E-state index >= 15 is 0 Å². The Bertz CT molecular complexity index is 565. The third-order valence-electron chi connectivity index (χ3n) is 2.80. The first-order chi connectivity index (χ1) is 9.19. The van der Waals surface area contributed by atoms with E-state index in [-0.39, 0.29) is 12.5 Å². The molecule has 0 aliphatic carbocycles. The number of nitrogens with one attached hydrogen (secondary N) is 1. The number of carbonyl (C=O) groups excluding carboxylic acids is 1. The first-order valence-corrected chi connectivity index (χ1v) is 6.07. The van der Waals surface area contributed by atoms with Crippen molar-refractivity contribution >= 4 is 5.91 Å². The van der Waals surface area contributed by atoms with Crippen molar-refractivity contribution in [3.05, 3.63) is 65.0 Å². The molecule has 0 aliphatic heterocycles. The number of pyridine rings is 1. The van der Waals surface area contributed by atoms with Crippen molar-refractivity contribution in [2.75, 3.05) is 0 Å². The van der Waals surface area contributed by atoms with E-state index in [9.17, 15) is 4.79 Å². The second kappa shape index (κ2) is 6.11. The zero-order valence-corrected chi connectivity index (χ0v) is 10.8. The van der Waals surface area contributed by atoms with E-state index in [2.05, 4.69) is 10.3 Å². The van der Waals surface area contributed by atoms with Gasteiger partial charge in [-0.2, -0.15) is 0 Å². The number of carbonyl (C=O) groups is 1. The van der Waals surface area contributed by atoms with Gasteiger partial charge in [-0.25, -0.2) is 0 Å². The van der Waals surface area contributed by atoms with Crippen LogP contribution in [0.15, 0.2) is 42.7 Å². The lowest BCUT2D eigenvalue weighted by Crippen LogP contribution is -2.23. The minimum Gasteiger partial charge on any atom is -0.392 e. The largest absolute Gasteiger partial charge is 0.392 e. The topological polar surface area (TPSA) is 62.2 Å². The van der Waals surface area contributed by atoms with Crippen LogP contribution in [0.2, 0.25) is 0 Å². The summed E-state index contributed by atoms with van der Waals surface area (Å²) in [6, 6.07) is 9.27. The van der Waals surface area contributed by atoms with Crippen molar-refractivity contribution in [1.29, 1.82) is 0 Å². The van der Waals surface area contributed by atoms with Gasteiger partial charge in [0.2, 0.25) is 0 Å². The maximum atomic E-state index is 11.9. The van der Waals surface area contributed by atoms with E-state index in [4.69, 9.17) is 5.11 Å². The molecule has 0 fully saturated rings. The van der Waals surface area contributed by atoms with Crippen LogP contribution in [0, 0.1) is 6.92 Å². The van der Waals surface area contributed by atoms with Gasteiger partial charge in [0.25, 0.3) is 5.91 Å². The standard InChI is InChI=1S/C15H16N2O2/c1-11-6-14(9-16-7-11)15(19)17-8-12-2-4-13(10-18)5-3-12/h2-7,9,18H,8,10H2,1H3,(H,17,19). The van der Waals surface area contributed by atoms with Crippen molar-refractivity contribution in [1.82, 2.24) is 10.3 Å². The zero-order valence-electron chi connectivity index (χ0n) is 10.8. The smallest absolute Gasteiger partial charge is 0.253 e. The molecule has 0 saturated heterocycles. The SMILES string of the molecule is Cc1cncc(C(=O)NCc2ccc(CO)cc2)c1. The molecular formula is C15H16N2O2. The number of hydrogen-bond donors (Lipinski definition) is 2. The molecule has 1 aromatic heterocycles. The lowest BCUT2D eigenvalue weighted by atomic mass is 10.1. The Morgan fingerprint density at radius 3 is 2.53 bits per heavy atom. The van der Waals surface area contributed by atoms with Crippen LogP contribution >= 0.6 is 0 Å². The summed E-state index contributed by atoms with van der Waals surface area (Å²) in [4.78, 5) is 15.9. The summed E-state index contributed by atoms with van der Waals surface area (Å²) in [5.74, 6) is -0.137. The van der Waals surface area contributed by atoms with Gasteiger partial charge in [-0.1, -0.05) is 24.3 Å². The molecule has 0 unspecified atom stereocenters. The summed E-state index contributed by atoms with van der Waals surface area (Å²) in [5.41, 5.74) is 3.37. The minimum absolute atomic E-state index is 0.0294. The summed E-state index contributed by atoms with van der Waals surface area (Å²) in [7, 11) is 0. The molecule has 0 spiro atoms. The molecule has 2 aromatic rings. The number of aliphatic hydroxyl groups excluding tert-OH is 1. The average molecular weight is 256 g/mol. The van der Waals surface area contributed by atoms with Crippen molar-refractivity contribution in [2.45, 2.75) is 20.1 Å². The highest BCUT2D eigenvalue weighted by atomic mass is 16.3. The summed E-state index contributed by atoms with van der Waals surface area (Å²) in [6.07, 6.45) is 3.27. The Morgan fingerprint density at radius 2 is 1.89 bits per heavy atom. The van der Waals surface area contributed by atoms with Gasteiger partial charge in [0.1, 0.15) is 0 Å². The molecule has 0 radical (unpaired) electrons. The molecule has 0 aliphatic rings. The fourth-order valence-corrected chi connectivity index (χ4v) is 1.73. The summed E-state index contributed by atoms with van der Waals surface area (Å²) in [5, 5.41) is 11.8.